The van der Waals surface area contributed by atoms with Crippen molar-refractivity contribution in [1.29, 1.82) is 0 Å². The Labute approximate surface area is 145 Å². The van der Waals surface area contributed by atoms with Crippen LogP contribution < -0.4 is 9.04 Å². The van der Waals surface area contributed by atoms with Crippen molar-refractivity contribution in [3.05, 3.63) is 52.5 Å². The van der Waals surface area contributed by atoms with Gasteiger partial charge in [0.1, 0.15) is 5.75 Å². The number of benzene rings is 2. The number of hydrogen-bond acceptors (Lipinski definition) is 3. The van der Waals surface area contributed by atoms with Crippen molar-refractivity contribution in [2.24, 2.45) is 0 Å². The Kier molecular flexibility index (Phi) is 4.38. The number of anilines is 1. The summed E-state index contributed by atoms with van der Waals surface area (Å²) in [5, 5.41) is 0. The second kappa shape index (κ2) is 6.17. The molecule has 122 valence electrons. The Balaban J connectivity index is 2.00. The van der Waals surface area contributed by atoms with Gasteiger partial charge in [-0.3, -0.25) is 4.31 Å². The largest absolute Gasteiger partial charge is 0.494 e. The molecule has 0 radical (unpaired) electrons. The lowest BCUT2D eigenvalue weighted by atomic mass is 10.1. The van der Waals surface area contributed by atoms with Crippen molar-refractivity contribution >= 4 is 31.6 Å². The summed E-state index contributed by atoms with van der Waals surface area (Å²) in [6.45, 7) is 4.38. The van der Waals surface area contributed by atoms with E-state index in [-0.39, 0.29) is 10.9 Å². The van der Waals surface area contributed by atoms with E-state index in [0.717, 1.165) is 15.7 Å². The molecule has 1 heterocycles. The Morgan fingerprint density at radius 2 is 1.91 bits per heavy atom. The number of halogens is 1. The molecule has 6 heteroatoms. The average molecular weight is 396 g/mol. The summed E-state index contributed by atoms with van der Waals surface area (Å²) >= 11 is 3.44. The fourth-order valence-electron chi connectivity index (χ4n) is 2.93. The predicted octanol–water partition coefficient (Wildman–Crippen LogP) is 3.99. The predicted molar refractivity (Wildman–Crippen MR) is 94.6 cm³/mol. The van der Waals surface area contributed by atoms with Crippen LogP contribution in [-0.2, 0) is 16.4 Å². The van der Waals surface area contributed by atoms with E-state index in [0.29, 0.717) is 18.8 Å². The monoisotopic (exact) mass is 395 g/mol. The van der Waals surface area contributed by atoms with Crippen molar-refractivity contribution in [2.45, 2.75) is 31.2 Å². The highest BCUT2D eigenvalue weighted by molar-refractivity contribution is 9.10. The van der Waals surface area contributed by atoms with Gasteiger partial charge in [-0.15, -0.1) is 0 Å². The molecule has 1 aliphatic heterocycles. The first-order valence-electron chi connectivity index (χ1n) is 7.49. The molecule has 0 fully saturated rings. The SMILES string of the molecule is CCOc1ccc(S(=O)(=O)N2c3ccc(Br)cc3C[C@H]2C)cc1. The van der Waals surface area contributed by atoms with Gasteiger partial charge in [-0.05, 0) is 68.3 Å². The molecule has 1 atom stereocenters. The minimum absolute atomic E-state index is 0.101. The highest BCUT2D eigenvalue weighted by Gasteiger charge is 2.36. The summed E-state index contributed by atoms with van der Waals surface area (Å²) in [5.74, 6) is 0.672. The van der Waals surface area contributed by atoms with Crippen LogP contribution in [0.5, 0.6) is 5.75 Å². The molecule has 0 spiro atoms. The van der Waals surface area contributed by atoms with Crippen molar-refractivity contribution < 1.29 is 13.2 Å². The summed E-state index contributed by atoms with van der Waals surface area (Å²) in [7, 11) is -3.58. The summed E-state index contributed by atoms with van der Waals surface area (Å²) in [5.41, 5.74) is 1.80. The van der Waals surface area contributed by atoms with Gasteiger partial charge in [-0.25, -0.2) is 8.42 Å². The van der Waals surface area contributed by atoms with Gasteiger partial charge in [-0.1, -0.05) is 15.9 Å². The molecule has 4 nitrogen and oxygen atoms in total. The second-order valence-corrected chi connectivity index (χ2v) is 8.26. The maximum atomic E-state index is 13.0. The maximum absolute atomic E-state index is 13.0. The number of nitrogens with zero attached hydrogens (tertiary/aromatic N) is 1. The zero-order valence-electron chi connectivity index (χ0n) is 13.0. The minimum atomic E-state index is -3.58. The van der Waals surface area contributed by atoms with E-state index in [1.807, 2.05) is 32.0 Å². The number of sulfonamides is 1. The van der Waals surface area contributed by atoms with Gasteiger partial charge >= 0.3 is 0 Å². The van der Waals surface area contributed by atoms with Crippen molar-refractivity contribution in [1.82, 2.24) is 0 Å². The fraction of sp³-hybridized carbons (Fsp3) is 0.294. The number of fused-ring (bicyclic) bond motifs is 1. The number of rotatable bonds is 4. The molecule has 23 heavy (non-hydrogen) atoms. The highest BCUT2D eigenvalue weighted by atomic mass is 79.9. The van der Waals surface area contributed by atoms with Crippen LogP contribution in [0.25, 0.3) is 0 Å². The molecule has 0 bridgehead atoms. The molecule has 0 saturated carbocycles. The first kappa shape index (κ1) is 16.3. The Hall–Kier alpha value is -1.53. The summed E-state index contributed by atoms with van der Waals surface area (Å²) < 4.78 is 33.9. The topological polar surface area (TPSA) is 46.6 Å². The summed E-state index contributed by atoms with van der Waals surface area (Å²) in [6, 6.07) is 12.2. The normalized spacial score (nSPS) is 17.2. The van der Waals surface area contributed by atoms with E-state index in [2.05, 4.69) is 15.9 Å². The van der Waals surface area contributed by atoms with E-state index in [4.69, 9.17) is 4.74 Å². The first-order chi connectivity index (χ1) is 10.9. The van der Waals surface area contributed by atoms with Gasteiger partial charge in [-0.2, -0.15) is 0 Å². The summed E-state index contributed by atoms with van der Waals surface area (Å²) in [6.07, 6.45) is 0.713. The van der Waals surface area contributed by atoms with Crippen LogP contribution in [0.4, 0.5) is 5.69 Å². The zero-order chi connectivity index (χ0) is 16.6. The van der Waals surface area contributed by atoms with E-state index < -0.39 is 10.0 Å². The van der Waals surface area contributed by atoms with Crippen LogP contribution in [0.3, 0.4) is 0 Å². The second-order valence-electron chi connectivity index (χ2n) is 5.53. The molecule has 3 rings (SSSR count). The first-order valence-corrected chi connectivity index (χ1v) is 9.72. The fourth-order valence-corrected chi connectivity index (χ4v) is 5.03. The maximum Gasteiger partial charge on any atom is 0.264 e. The third-order valence-electron chi connectivity index (χ3n) is 3.89. The van der Waals surface area contributed by atoms with E-state index in [1.54, 1.807) is 24.3 Å². The minimum Gasteiger partial charge on any atom is -0.494 e. The smallest absolute Gasteiger partial charge is 0.264 e. The molecule has 2 aromatic carbocycles. The van der Waals surface area contributed by atoms with Gasteiger partial charge in [0.15, 0.2) is 0 Å². The van der Waals surface area contributed by atoms with Gasteiger partial charge in [0, 0.05) is 10.5 Å². The van der Waals surface area contributed by atoms with Crippen LogP contribution in [0.15, 0.2) is 51.8 Å². The quantitative estimate of drug-likeness (QED) is 0.785. The van der Waals surface area contributed by atoms with E-state index in [1.165, 1.54) is 4.31 Å². The van der Waals surface area contributed by atoms with Crippen LogP contribution in [0, 0.1) is 0 Å². The molecule has 2 aromatic rings. The number of hydrogen-bond donors (Lipinski definition) is 0. The van der Waals surface area contributed by atoms with Crippen LogP contribution >= 0.6 is 15.9 Å². The molecule has 1 aliphatic rings. The lowest BCUT2D eigenvalue weighted by Crippen LogP contribution is -2.35. The standard InChI is InChI=1S/C17H18BrNO3S/c1-3-22-15-5-7-16(8-6-15)23(20,21)19-12(2)10-13-11-14(18)4-9-17(13)19/h4-9,11-12H,3,10H2,1-2H3/t12-/m1/s1. The Bertz CT molecular complexity index is 818. The molecule has 0 amide bonds. The lowest BCUT2D eigenvalue weighted by Gasteiger charge is -2.24. The molecule has 0 unspecified atom stereocenters. The average Bonchev–Trinajstić information content (AvgIpc) is 2.83. The highest BCUT2D eigenvalue weighted by Crippen LogP contribution is 2.38. The van der Waals surface area contributed by atoms with Crippen LogP contribution in [-0.4, -0.2) is 21.1 Å². The van der Waals surface area contributed by atoms with Gasteiger partial charge < -0.3 is 4.74 Å². The molecule has 0 N–H and O–H groups in total. The van der Waals surface area contributed by atoms with Crippen molar-refractivity contribution in [3.8, 4) is 5.75 Å². The van der Waals surface area contributed by atoms with Crippen molar-refractivity contribution in [3.63, 3.8) is 0 Å². The molecule has 0 saturated heterocycles. The van der Waals surface area contributed by atoms with Crippen molar-refractivity contribution in [2.75, 3.05) is 10.9 Å². The van der Waals surface area contributed by atoms with Crippen LogP contribution in [0.1, 0.15) is 19.4 Å². The van der Waals surface area contributed by atoms with E-state index in [9.17, 15) is 8.42 Å². The van der Waals surface area contributed by atoms with Crippen LogP contribution in [0.2, 0.25) is 0 Å². The molecule has 0 aliphatic carbocycles. The van der Waals surface area contributed by atoms with E-state index >= 15 is 0 Å². The third-order valence-corrected chi connectivity index (χ3v) is 6.32. The Morgan fingerprint density at radius 3 is 2.57 bits per heavy atom. The molecular weight excluding hydrogens is 378 g/mol. The Morgan fingerprint density at radius 1 is 1.22 bits per heavy atom. The van der Waals surface area contributed by atoms with Gasteiger partial charge in [0.25, 0.3) is 10.0 Å². The molecule has 0 aromatic heterocycles. The third kappa shape index (κ3) is 2.97. The van der Waals surface area contributed by atoms with Gasteiger partial charge in [0.05, 0.1) is 17.2 Å². The molecular formula is C17H18BrNO3S. The lowest BCUT2D eigenvalue weighted by molar-refractivity contribution is 0.340. The number of ether oxygens (including phenoxy) is 1. The summed E-state index contributed by atoms with van der Waals surface area (Å²) in [4.78, 5) is 0.281. The zero-order valence-corrected chi connectivity index (χ0v) is 15.4. The van der Waals surface area contributed by atoms with Gasteiger partial charge in [0.2, 0.25) is 0 Å².